The summed E-state index contributed by atoms with van der Waals surface area (Å²) >= 11 is 3.58. The van der Waals surface area contributed by atoms with E-state index in [-0.39, 0.29) is 18.4 Å². The summed E-state index contributed by atoms with van der Waals surface area (Å²) in [5.41, 5.74) is 0. The maximum absolute atomic E-state index is 12.2. The van der Waals surface area contributed by atoms with E-state index in [1.54, 1.807) is 11.8 Å². The van der Waals surface area contributed by atoms with Gasteiger partial charge in [0.2, 0.25) is 5.91 Å². The zero-order valence-corrected chi connectivity index (χ0v) is 14.5. The summed E-state index contributed by atoms with van der Waals surface area (Å²) in [4.78, 5) is 14.7. The van der Waals surface area contributed by atoms with Crippen LogP contribution >= 0.6 is 23.5 Å². The van der Waals surface area contributed by atoms with E-state index in [9.17, 15) is 4.79 Å². The first-order chi connectivity index (χ1) is 10.7. The number of nitriles is 1. The van der Waals surface area contributed by atoms with Gasteiger partial charge in [0.05, 0.1) is 6.07 Å². The van der Waals surface area contributed by atoms with Gasteiger partial charge in [-0.25, -0.2) is 0 Å². The van der Waals surface area contributed by atoms with Crippen LogP contribution in [0.1, 0.15) is 25.7 Å². The highest BCUT2D eigenvalue weighted by molar-refractivity contribution is 7.99. The molecule has 1 aromatic carbocycles. The van der Waals surface area contributed by atoms with Gasteiger partial charge in [-0.3, -0.25) is 4.79 Å². The smallest absolute Gasteiger partial charge is 0.224 e. The summed E-state index contributed by atoms with van der Waals surface area (Å²) < 4.78 is 0. The van der Waals surface area contributed by atoms with Crippen molar-refractivity contribution in [2.75, 3.05) is 18.6 Å². The van der Waals surface area contributed by atoms with Gasteiger partial charge in [-0.15, -0.1) is 23.5 Å². The molecule has 0 radical (unpaired) electrons. The zero-order valence-electron chi connectivity index (χ0n) is 12.9. The van der Waals surface area contributed by atoms with Gasteiger partial charge in [0.1, 0.15) is 6.54 Å². The van der Waals surface area contributed by atoms with Gasteiger partial charge >= 0.3 is 0 Å². The van der Waals surface area contributed by atoms with Crippen molar-refractivity contribution >= 4 is 29.4 Å². The number of nitrogens with zero attached hydrogens (tertiary/aromatic N) is 1. The Bertz CT molecular complexity index is 524. The minimum atomic E-state index is 0.0598. The van der Waals surface area contributed by atoms with Gasteiger partial charge < -0.3 is 5.32 Å². The molecule has 1 aliphatic carbocycles. The molecule has 2 rings (SSSR count). The average Bonchev–Trinajstić information content (AvgIpc) is 2.58. The van der Waals surface area contributed by atoms with Crippen molar-refractivity contribution in [1.82, 2.24) is 5.32 Å². The quantitative estimate of drug-likeness (QED) is 0.632. The Morgan fingerprint density at radius 1 is 1.27 bits per heavy atom. The number of nitrogens with one attached hydrogen (secondary N) is 1. The molecule has 0 spiro atoms. The third-order valence-corrected chi connectivity index (χ3v) is 6.05. The number of hydrogen-bond donors (Lipinski definition) is 1. The second kappa shape index (κ2) is 9.12. The first-order valence-electron chi connectivity index (χ1n) is 7.66. The summed E-state index contributed by atoms with van der Waals surface area (Å²) in [5.74, 6) is 1.52. The lowest BCUT2D eigenvalue weighted by molar-refractivity contribution is -0.127. The first-order valence-corrected chi connectivity index (χ1v) is 9.87. The molecule has 0 saturated heterocycles. The van der Waals surface area contributed by atoms with Crippen LogP contribution in [0.5, 0.6) is 0 Å². The lowest BCUT2D eigenvalue weighted by Crippen LogP contribution is -2.37. The molecule has 1 saturated carbocycles. The van der Waals surface area contributed by atoms with E-state index >= 15 is 0 Å². The van der Waals surface area contributed by atoms with Crippen LogP contribution in [-0.2, 0) is 4.79 Å². The van der Waals surface area contributed by atoms with E-state index in [2.05, 4.69) is 35.8 Å². The minimum Gasteiger partial charge on any atom is -0.343 e. The molecule has 1 aromatic rings. The molecule has 0 bridgehead atoms. The molecule has 0 aliphatic heterocycles. The van der Waals surface area contributed by atoms with E-state index in [0.717, 1.165) is 25.0 Å². The molecule has 5 heteroatoms. The van der Waals surface area contributed by atoms with Crippen molar-refractivity contribution in [1.29, 1.82) is 5.26 Å². The topological polar surface area (TPSA) is 52.9 Å². The number of carbonyl (C=O) groups is 1. The Balaban J connectivity index is 1.90. The third kappa shape index (κ3) is 4.96. The van der Waals surface area contributed by atoms with Gasteiger partial charge in [0, 0.05) is 21.5 Å². The van der Waals surface area contributed by atoms with Gasteiger partial charge in [-0.1, -0.05) is 12.8 Å². The summed E-state index contributed by atoms with van der Waals surface area (Å²) in [7, 11) is 0. The van der Waals surface area contributed by atoms with Crippen LogP contribution in [0.25, 0.3) is 0 Å². The average molecular weight is 335 g/mol. The van der Waals surface area contributed by atoms with Crippen LogP contribution in [0.3, 0.4) is 0 Å². The fraction of sp³-hybridized carbons (Fsp3) is 0.529. The van der Waals surface area contributed by atoms with Crippen molar-refractivity contribution in [3.05, 3.63) is 24.3 Å². The lowest BCUT2D eigenvalue weighted by atomic mass is 9.80. The Hall–Kier alpha value is -1.12. The van der Waals surface area contributed by atoms with Crippen LogP contribution in [0.15, 0.2) is 34.1 Å². The molecule has 2 unspecified atom stereocenters. The van der Waals surface area contributed by atoms with Gasteiger partial charge in [-0.05, 0) is 49.3 Å². The minimum absolute atomic E-state index is 0.0598. The van der Waals surface area contributed by atoms with Crippen molar-refractivity contribution in [2.45, 2.75) is 35.5 Å². The number of carbonyl (C=O) groups excluding carboxylic acids is 1. The predicted octanol–water partition coefficient (Wildman–Crippen LogP) is 3.95. The molecule has 118 valence electrons. The van der Waals surface area contributed by atoms with E-state index in [1.165, 1.54) is 16.2 Å². The lowest BCUT2D eigenvalue weighted by Gasteiger charge is -2.30. The fourth-order valence-electron chi connectivity index (χ4n) is 2.89. The molecular weight excluding hydrogens is 312 g/mol. The highest BCUT2D eigenvalue weighted by Crippen LogP contribution is 2.35. The maximum Gasteiger partial charge on any atom is 0.224 e. The van der Waals surface area contributed by atoms with Crippen molar-refractivity contribution in [2.24, 2.45) is 11.8 Å². The molecule has 22 heavy (non-hydrogen) atoms. The Labute approximate surface area is 141 Å². The molecule has 0 heterocycles. The van der Waals surface area contributed by atoms with E-state index in [0.29, 0.717) is 5.92 Å². The van der Waals surface area contributed by atoms with Crippen LogP contribution in [-0.4, -0.2) is 24.5 Å². The van der Waals surface area contributed by atoms with E-state index in [4.69, 9.17) is 5.26 Å². The summed E-state index contributed by atoms with van der Waals surface area (Å²) in [5, 5.41) is 11.3. The Kier molecular flexibility index (Phi) is 7.14. The predicted molar refractivity (Wildman–Crippen MR) is 93.0 cm³/mol. The maximum atomic E-state index is 12.2. The third-order valence-electron chi connectivity index (χ3n) is 4.11. The Morgan fingerprint density at radius 2 is 1.95 bits per heavy atom. The zero-order chi connectivity index (χ0) is 15.8. The number of thioether (sulfide) groups is 2. The number of rotatable bonds is 6. The molecule has 1 N–H and O–H groups in total. The van der Waals surface area contributed by atoms with Crippen molar-refractivity contribution in [3.8, 4) is 6.07 Å². The summed E-state index contributed by atoms with van der Waals surface area (Å²) in [6.07, 6.45) is 6.47. The second-order valence-corrected chi connectivity index (χ2v) is 7.49. The molecular formula is C17H22N2OS2. The SMILES string of the molecule is CSc1ccc(SCC2CCCCC2C(=O)NCC#N)cc1. The summed E-state index contributed by atoms with van der Waals surface area (Å²) in [6, 6.07) is 10.6. The molecule has 1 fully saturated rings. The molecule has 0 aromatic heterocycles. The van der Waals surface area contributed by atoms with Gasteiger partial charge in [-0.2, -0.15) is 5.26 Å². The van der Waals surface area contributed by atoms with Crippen LogP contribution in [0.4, 0.5) is 0 Å². The highest BCUT2D eigenvalue weighted by Gasteiger charge is 2.30. The molecule has 1 aliphatic rings. The van der Waals surface area contributed by atoms with Gasteiger partial charge in [0.15, 0.2) is 0 Å². The normalized spacial score (nSPS) is 21.1. The van der Waals surface area contributed by atoms with Crippen LogP contribution in [0, 0.1) is 23.2 Å². The van der Waals surface area contributed by atoms with Crippen molar-refractivity contribution < 1.29 is 4.79 Å². The van der Waals surface area contributed by atoms with Gasteiger partial charge in [0.25, 0.3) is 0 Å². The first kappa shape index (κ1) is 17.2. The van der Waals surface area contributed by atoms with Crippen LogP contribution < -0.4 is 5.32 Å². The van der Waals surface area contributed by atoms with E-state index in [1.807, 2.05) is 17.8 Å². The number of amides is 1. The Morgan fingerprint density at radius 3 is 2.64 bits per heavy atom. The highest BCUT2D eigenvalue weighted by atomic mass is 32.2. The second-order valence-electron chi connectivity index (χ2n) is 5.51. The van der Waals surface area contributed by atoms with E-state index < -0.39 is 0 Å². The van der Waals surface area contributed by atoms with Crippen molar-refractivity contribution in [3.63, 3.8) is 0 Å². The molecule has 1 amide bonds. The fourth-order valence-corrected chi connectivity index (χ4v) is 4.43. The number of hydrogen-bond acceptors (Lipinski definition) is 4. The standard InChI is InChI=1S/C17H22N2OS2/c1-21-14-6-8-15(9-7-14)22-12-13-4-2-3-5-16(13)17(20)19-11-10-18/h6-9,13,16H,2-5,11-12H2,1H3,(H,19,20). The molecule has 3 nitrogen and oxygen atoms in total. The summed E-state index contributed by atoms with van der Waals surface area (Å²) in [6.45, 7) is 0.116. The van der Waals surface area contributed by atoms with Crippen LogP contribution in [0.2, 0.25) is 0 Å². The largest absolute Gasteiger partial charge is 0.343 e. The monoisotopic (exact) mass is 334 g/mol. The molecule has 2 atom stereocenters. The number of benzene rings is 1.